The molecule has 4 aromatic rings. The van der Waals surface area contributed by atoms with Gasteiger partial charge in [0.05, 0.1) is 24.5 Å². The molecule has 1 aliphatic heterocycles. The minimum Gasteiger partial charge on any atom is -0.508 e. The van der Waals surface area contributed by atoms with E-state index in [2.05, 4.69) is 26.2 Å². The van der Waals surface area contributed by atoms with Crippen molar-refractivity contribution in [3.8, 4) is 11.4 Å². The molecule has 0 aliphatic carbocycles. The first-order valence-corrected chi connectivity index (χ1v) is 16.2. The number of aromatic hydroxyl groups is 1. The average Bonchev–Trinajstić information content (AvgIpc) is 3.54. The van der Waals surface area contributed by atoms with Gasteiger partial charge >= 0.3 is 0 Å². The van der Waals surface area contributed by atoms with Gasteiger partial charge in [0.25, 0.3) is 0 Å². The van der Waals surface area contributed by atoms with Crippen molar-refractivity contribution in [3.63, 3.8) is 0 Å². The van der Waals surface area contributed by atoms with Gasteiger partial charge in [-0.15, -0.1) is 5.10 Å². The van der Waals surface area contributed by atoms with Crippen molar-refractivity contribution < 1.29 is 29.3 Å². The predicted molar refractivity (Wildman–Crippen MR) is 172 cm³/mol. The maximum Gasteiger partial charge on any atom is 0.224 e. The van der Waals surface area contributed by atoms with E-state index in [4.69, 9.17) is 9.47 Å². The van der Waals surface area contributed by atoms with Crippen LogP contribution in [0.25, 0.3) is 5.69 Å². The largest absolute Gasteiger partial charge is 0.508 e. The zero-order valence-electron chi connectivity index (χ0n) is 25.5. The van der Waals surface area contributed by atoms with Crippen LogP contribution in [0, 0.1) is 0 Å². The second-order valence-corrected chi connectivity index (χ2v) is 12.0. The molecule has 242 valence electrons. The number of hydrogen-bond donors (Lipinski definition) is 4. The summed E-state index contributed by atoms with van der Waals surface area (Å²) in [6.45, 7) is 2.08. The Morgan fingerprint density at radius 1 is 0.957 bits per heavy atom. The van der Waals surface area contributed by atoms with Gasteiger partial charge in [0.15, 0.2) is 6.29 Å². The molecule has 2 heterocycles. The number of aliphatic hydroxyl groups excluding tert-OH is 1. The van der Waals surface area contributed by atoms with E-state index < -0.39 is 6.29 Å². The number of aliphatic hydroxyl groups is 1. The number of anilines is 1. The fourth-order valence-corrected chi connectivity index (χ4v) is 5.92. The molecule has 0 spiro atoms. The lowest BCUT2D eigenvalue weighted by Gasteiger charge is -2.36. The summed E-state index contributed by atoms with van der Waals surface area (Å²) in [7, 11) is 0. The fourth-order valence-electron chi connectivity index (χ4n) is 5.01. The molecule has 1 aromatic heterocycles. The van der Waals surface area contributed by atoms with Gasteiger partial charge in [-0.1, -0.05) is 54.6 Å². The SMILES string of the molecule is CC(=O)NCCCCCC(=O)Nc1ccc([C@@H]2O[C@H](CSc3nnnn3-c3ccc(O)cc3)C[C@H](c3ccc(CO)cc3)O2)cc1. The van der Waals surface area contributed by atoms with Gasteiger partial charge in [-0.3, -0.25) is 9.59 Å². The normalized spacial score (nSPS) is 17.8. The third kappa shape index (κ3) is 9.36. The highest BCUT2D eigenvalue weighted by atomic mass is 32.2. The lowest BCUT2D eigenvalue weighted by atomic mass is 10.0. The van der Waals surface area contributed by atoms with Crippen LogP contribution in [-0.4, -0.2) is 60.6 Å². The van der Waals surface area contributed by atoms with Crippen molar-refractivity contribution in [2.75, 3.05) is 17.6 Å². The number of thioether (sulfide) groups is 1. The van der Waals surface area contributed by atoms with Gasteiger partial charge in [-0.25, -0.2) is 0 Å². The molecule has 2 amide bonds. The van der Waals surface area contributed by atoms with Crippen LogP contribution in [0.4, 0.5) is 5.69 Å². The van der Waals surface area contributed by atoms with Crippen LogP contribution >= 0.6 is 11.8 Å². The summed E-state index contributed by atoms with van der Waals surface area (Å²) in [5, 5.41) is 37.6. The molecule has 5 rings (SSSR count). The zero-order valence-corrected chi connectivity index (χ0v) is 26.4. The van der Waals surface area contributed by atoms with Gasteiger partial charge in [0, 0.05) is 43.3 Å². The molecular weight excluding hydrogens is 608 g/mol. The van der Waals surface area contributed by atoms with Gasteiger partial charge in [0.1, 0.15) is 5.75 Å². The van der Waals surface area contributed by atoms with E-state index in [-0.39, 0.29) is 36.4 Å². The highest BCUT2D eigenvalue weighted by Gasteiger charge is 2.32. The molecule has 13 heteroatoms. The topological polar surface area (TPSA) is 161 Å². The molecule has 0 radical (unpaired) electrons. The van der Waals surface area contributed by atoms with E-state index in [0.29, 0.717) is 36.0 Å². The van der Waals surface area contributed by atoms with Crippen LogP contribution in [0.3, 0.4) is 0 Å². The van der Waals surface area contributed by atoms with Gasteiger partial charge in [-0.2, -0.15) is 4.68 Å². The van der Waals surface area contributed by atoms with Crippen molar-refractivity contribution in [2.24, 2.45) is 0 Å². The van der Waals surface area contributed by atoms with E-state index in [1.807, 2.05) is 48.5 Å². The molecule has 12 nitrogen and oxygen atoms in total. The summed E-state index contributed by atoms with van der Waals surface area (Å²) in [6.07, 6.45) is 2.33. The Balaban J connectivity index is 1.22. The van der Waals surface area contributed by atoms with Crippen molar-refractivity contribution in [3.05, 3.63) is 89.5 Å². The molecule has 3 atom stereocenters. The monoisotopic (exact) mass is 646 g/mol. The molecule has 4 N–H and O–H groups in total. The minimum atomic E-state index is -0.650. The van der Waals surface area contributed by atoms with E-state index in [1.54, 1.807) is 28.9 Å². The summed E-state index contributed by atoms with van der Waals surface area (Å²) >= 11 is 1.47. The zero-order chi connectivity index (χ0) is 32.3. The lowest BCUT2D eigenvalue weighted by molar-refractivity contribution is -0.245. The number of unbranched alkanes of at least 4 members (excludes halogenated alkanes) is 2. The minimum absolute atomic E-state index is 0.0337. The quantitative estimate of drug-likeness (QED) is 0.110. The smallest absolute Gasteiger partial charge is 0.224 e. The maximum absolute atomic E-state index is 12.5. The number of benzene rings is 3. The van der Waals surface area contributed by atoms with Crippen LogP contribution in [-0.2, 0) is 25.7 Å². The average molecular weight is 647 g/mol. The van der Waals surface area contributed by atoms with Crippen LogP contribution in [0.1, 0.15) is 68.1 Å². The van der Waals surface area contributed by atoms with Gasteiger partial charge in [-0.05, 0) is 70.8 Å². The molecule has 0 unspecified atom stereocenters. The number of phenols is 1. The first-order valence-electron chi connectivity index (χ1n) is 15.2. The Labute approximate surface area is 271 Å². The molecule has 3 aromatic carbocycles. The van der Waals surface area contributed by atoms with Crippen molar-refractivity contribution in [2.45, 2.75) is 69.3 Å². The van der Waals surface area contributed by atoms with E-state index in [9.17, 15) is 19.8 Å². The maximum atomic E-state index is 12.5. The number of carbonyl (C=O) groups excluding carboxylic acids is 2. The first kappa shape index (κ1) is 33.1. The Kier molecular flexibility index (Phi) is 11.7. The number of phenolic OH excluding ortho intramolecular Hbond substituents is 1. The van der Waals surface area contributed by atoms with Crippen molar-refractivity contribution >= 4 is 29.3 Å². The third-order valence-electron chi connectivity index (χ3n) is 7.47. The summed E-state index contributed by atoms with van der Waals surface area (Å²) in [5.74, 6) is 0.614. The van der Waals surface area contributed by atoms with E-state index >= 15 is 0 Å². The number of ether oxygens (including phenoxy) is 2. The third-order valence-corrected chi connectivity index (χ3v) is 8.52. The van der Waals surface area contributed by atoms with Crippen molar-refractivity contribution in [1.29, 1.82) is 0 Å². The van der Waals surface area contributed by atoms with Crippen LogP contribution < -0.4 is 10.6 Å². The van der Waals surface area contributed by atoms with Gasteiger partial charge in [0.2, 0.25) is 17.0 Å². The highest BCUT2D eigenvalue weighted by molar-refractivity contribution is 7.99. The van der Waals surface area contributed by atoms with Crippen LogP contribution in [0.5, 0.6) is 5.75 Å². The number of hydrogen-bond acceptors (Lipinski definition) is 10. The Bertz CT molecular complexity index is 1570. The first-order chi connectivity index (χ1) is 22.4. The molecule has 46 heavy (non-hydrogen) atoms. The summed E-state index contributed by atoms with van der Waals surface area (Å²) in [4.78, 5) is 23.4. The number of amides is 2. The number of nitrogens with one attached hydrogen (secondary N) is 2. The fraction of sp³-hybridized carbons (Fsp3) is 0.364. The number of nitrogens with zero attached hydrogens (tertiary/aromatic N) is 4. The summed E-state index contributed by atoms with van der Waals surface area (Å²) in [5.41, 5.74) is 4.04. The van der Waals surface area contributed by atoms with Crippen LogP contribution in [0.2, 0.25) is 0 Å². The molecule has 1 saturated heterocycles. The second kappa shape index (κ2) is 16.3. The number of aromatic nitrogens is 4. The lowest BCUT2D eigenvalue weighted by Crippen LogP contribution is -2.31. The molecule has 1 fully saturated rings. The molecule has 0 bridgehead atoms. The molecule has 0 saturated carbocycles. The van der Waals surface area contributed by atoms with Crippen LogP contribution in [0.15, 0.2) is 78.0 Å². The summed E-state index contributed by atoms with van der Waals surface area (Å²) < 4.78 is 14.5. The van der Waals surface area contributed by atoms with Gasteiger partial charge < -0.3 is 30.3 Å². The Hall–Kier alpha value is -4.30. The second-order valence-electron chi connectivity index (χ2n) is 11.0. The number of rotatable bonds is 14. The number of carbonyl (C=O) groups is 2. The van der Waals surface area contributed by atoms with Crippen molar-refractivity contribution in [1.82, 2.24) is 25.5 Å². The predicted octanol–water partition coefficient (Wildman–Crippen LogP) is 4.83. The molecule has 1 aliphatic rings. The van der Waals surface area contributed by atoms with E-state index in [1.165, 1.54) is 18.7 Å². The highest BCUT2D eigenvalue weighted by Crippen LogP contribution is 2.39. The number of tetrazole rings is 1. The Morgan fingerprint density at radius 3 is 2.41 bits per heavy atom. The molecular formula is C33H38N6O6S. The standard InChI is InChI=1S/C33H38N6O6S/c1-22(41)34-18-4-2-3-5-31(43)35-26-12-10-25(11-13-26)32-44-29(19-30(45-32)24-8-6-23(20-40)7-9-24)21-46-33-36-37-38-39(33)27-14-16-28(42)17-15-27/h6-17,29-30,32,40,42H,2-5,18-21H2,1H3,(H,34,41)(H,35,43)/t29-,30+,32+/m0/s1. The summed E-state index contributed by atoms with van der Waals surface area (Å²) in [6, 6.07) is 21.8. The van der Waals surface area contributed by atoms with E-state index in [0.717, 1.165) is 41.6 Å². The Morgan fingerprint density at radius 2 is 1.70 bits per heavy atom.